The van der Waals surface area contributed by atoms with Crippen LogP contribution in [0.4, 0.5) is 10.2 Å². The number of pyridine rings is 1. The number of hydrogen-bond donors (Lipinski definition) is 1. The molecule has 1 aliphatic heterocycles. The Morgan fingerprint density at radius 3 is 2.93 bits per heavy atom. The number of methoxy groups -OCH3 is 1. The Labute approximate surface area is 163 Å². The fourth-order valence-corrected chi connectivity index (χ4v) is 3.59. The quantitative estimate of drug-likeness (QED) is 0.747. The number of aromatic nitrogens is 3. The van der Waals surface area contributed by atoms with Crippen molar-refractivity contribution in [1.29, 1.82) is 0 Å². The molecule has 7 heteroatoms. The van der Waals surface area contributed by atoms with Crippen molar-refractivity contribution < 1.29 is 13.9 Å². The molecule has 1 atom stereocenters. The second-order valence-electron chi connectivity index (χ2n) is 6.82. The maximum atomic E-state index is 13.9. The molecule has 1 aliphatic rings. The number of nitrogens with zero attached hydrogens (tertiary/aromatic N) is 3. The zero-order valence-electron chi connectivity index (χ0n) is 16.2. The van der Waals surface area contributed by atoms with Crippen LogP contribution >= 0.6 is 0 Å². The van der Waals surface area contributed by atoms with Gasteiger partial charge in [-0.15, -0.1) is 0 Å². The highest BCUT2D eigenvalue weighted by atomic mass is 19.1. The van der Waals surface area contributed by atoms with E-state index in [4.69, 9.17) is 14.6 Å². The summed E-state index contributed by atoms with van der Waals surface area (Å²) in [6.45, 7) is 2.70. The number of rotatable bonds is 4. The van der Waals surface area contributed by atoms with Crippen molar-refractivity contribution >= 4 is 5.82 Å². The number of fused-ring (bicyclic) bond motifs is 1. The molecule has 0 saturated carbocycles. The summed E-state index contributed by atoms with van der Waals surface area (Å²) in [5, 5.41) is 7.98. The Bertz CT molecular complexity index is 1000. The van der Waals surface area contributed by atoms with Crippen LogP contribution in [-0.2, 0) is 17.6 Å². The van der Waals surface area contributed by atoms with E-state index in [9.17, 15) is 4.39 Å². The SMILES string of the molecule is CNc1cc(-c2nn(-c3ccc(F)c(OC)c3)c3c2CCO[C@H](C)C3)ccn1. The zero-order valence-corrected chi connectivity index (χ0v) is 16.2. The van der Waals surface area contributed by atoms with Crippen molar-refractivity contribution in [1.82, 2.24) is 14.8 Å². The third-order valence-electron chi connectivity index (χ3n) is 4.99. The van der Waals surface area contributed by atoms with Crippen molar-refractivity contribution in [2.24, 2.45) is 0 Å². The summed E-state index contributed by atoms with van der Waals surface area (Å²) in [6.07, 6.45) is 3.34. The molecule has 0 spiro atoms. The Morgan fingerprint density at radius 2 is 2.14 bits per heavy atom. The van der Waals surface area contributed by atoms with E-state index in [1.54, 1.807) is 18.3 Å². The van der Waals surface area contributed by atoms with E-state index in [1.165, 1.54) is 13.2 Å². The van der Waals surface area contributed by atoms with Crippen LogP contribution in [0.25, 0.3) is 16.9 Å². The first kappa shape index (κ1) is 18.4. The summed E-state index contributed by atoms with van der Waals surface area (Å²) >= 11 is 0. The second kappa shape index (κ2) is 7.59. The van der Waals surface area contributed by atoms with E-state index in [0.29, 0.717) is 6.61 Å². The van der Waals surface area contributed by atoms with Gasteiger partial charge in [0.15, 0.2) is 11.6 Å². The standard InChI is InChI=1S/C21H23FN4O2/c1-13-10-18-16(7-9-28-13)21(14-6-8-24-20(11-14)23-2)25-26(18)15-4-5-17(22)19(12-15)27-3/h4-6,8,11-13H,7,9-10H2,1-3H3,(H,23,24)/t13-/m1/s1. The molecule has 6 nitrogen and oxygen atoms in total. The van der Waals surface area contributed by atoms with Crippen LogP contribution in [-0.4, -0.2) is 41.6 Å². The fourth-order valence-electron chi connectivity index (χ4n) is 3.59. The highest BCUT2D eigenvalue weighted by Crippen LogP contribution is 2.32. The third-order valence-corrected chi connectivity index (χ3v) is 4.99. The predicted octanol–water partition coefficient (Wildman–Crippen LogP) is 3.63. The molecule has 0 saturated heterocycles. The summed E-state index contributed by atoms with van der Waals surface area (Å²) in [6, 6.07) is 8.73. The lowest BCUT2D eigenvalue weighted by molar-refractivity contribution is 0.0735. The first-order valence-corrected chi connectivity index (χ1v) is 9.31. The maximum absolute atomic E-state index is 13.9. The van der Waals surface area contributed by atoms with Gasteiger partial charge >= 0.3 is 0 Å². The monoisotopic (exact) mass is 382 g/mol. The summed E-state index contributed by atoms with van der Waals surface area (Å²) in [5.74, 6) is 0.583. The molecule has 0 aliphatic carbocycles. The molecule has 146 valence electrons. The summed E-state index contributed by atoms with van der Waals surface area (Å²) < 4.78 is 26.8. The normalized spacial score (nSPS) is 16.4. The molecular weight excluding hydrogens is 359 g/mol. The molecule has 3 aromatic rings. The molecule has 1 N–H and O–H groups in total. The first-order chi connectivity index (χ1) is 13.6. The number of hydrogen-bond acceptors (Lipinski definition) is 5. The van der Waals surface area contributed by atoms with Gasteiger partial charge in [-0.25, -0.2) is 14.1 Å². The summed E-state index contributed by atoms with van der Waals surface area (Å²) in [7, 11) is 3.30. The number of halogens is 1. The van der Waals surface area contributed by atoms with Crippen LogP contribution in [0.15, 0.2) is 36.5 Å². The molecule has 0 bridgehead atoms. The van der Waals surface area contributed by atoms with Gasteiger partial charge in [-0.3, -0.25) is 0 Å². The number of ether oxygens (including phenoxy) is 2. The van der Waals surface area contributed by atoms with Gasteiger partial charge in [-0.2, -0.15) is 5.10 Å². The van der Waals surface area contributed by atoms with E-state index < -0.39 is 5.82 Å². The van der Waals surface area contributed by atoms with Gasteiger partial charge < -0.3 is 14.8 Å². The molecule has 0 fully saturated rings. The summed E-state index contributed by atoms with van der Waals surface area (Å²) in [5.41, 5.74) is 4.88. The Kier molecular flexibility index (Phi) is 5.00. The average molecular weight is 382 g/mol. The van der Waals surface area contributed by atoms with Crippen molar-refractivity contribution in [3.05, 3.63) is 53.6 Å². The van der Waals surface area contributed by atoms with Gasteiger partial charge in [0.2, 0.25) is 0 Å². The van der Waals surface area contributed by atoms with Crippen molar-refractivity contribution in [2.75, 3.05) is 26.1 Å². The molecular formula is C21H23FN4O2. The zero-order chi connectivity index (χ0) is 19.7. The topological polar surface area (TPSA) is 61.2 Å². The molecule has 28 heavy (non-hydrogen) atoms. The van der Waals surface area contributed by atoms with E-state index in [1.807, 2.05) is 23.9 Å². The number of nitrogens with one attached hydrogen (secondary N) is 1. The highest BCUT2D eigenvalue weighted by molar-refractivity contribution is 5.68. The molecule has 2 aromatic heterocycles. The molecule has 0 amide bonds. The minimum absolute atomic E-state index is 0.0807. The van der Waals surface area contributed by atoms with Gasteiger partial charge in [-0.05, 0) is 37.6 Å². The van der Waals surface area contributed by atoms with Crippen LogP contribution in [0.5, 0.6) is 5.75 Å². The van der Waals surface area contributed by atoms with E-state index >= 15 is 0 Å². The lowest BCUT2D eigenvalue weighted by Crippen LogP contribution is -2.13. The molecule has 1 aromatic carbocycles. The first-order valence-electron chi connectivity index (χ1n) is 9.31. The van der Waals surface area contributed by atoms with Crippen LogP contribution in [0.2, 0.25) is 0 Å². The number of benzene rings is 1. The molecule has 4 rings (SSSR count). The Balaban J connectivity index is 1.90. The largest absolute Gasteiger partial charge is 0.494 e. The van der Waals surface area contributed by atoms with E-state index in [-0.39, 0.29) is 11.9 Å². The van der Waals surface area contributed by atoms with E-state index in [2.05, 4.69) is 17.2 Å². The molecule has 0 radical (unpaired) electrons. The maximum Gasteiger partial charge on any atom is 0.165 e. The van der Waals surface area contributed by atoms with Crippen LogP contribution in [0.1, 0.15) is 18.2 Å². The van der Waals surface area contributed by atoms with E-state index in [0.717, 1.165) is 46.9 Å². The van der Waals surface area contributed by atoms with Crippen molar-refractivity contribution in [3.63, 3.8) is 0 Å². The molecule has 3 heterocycles. The van der Waals surface area contributed by atoms with Crippen molar-refractivity contribution in [2.45, 2.75) is 25.9 Å². The molecule has 0 unspecified atom stereocenters. The Hall–Kier alpha value is -2.93. The lowest BCUT2D eigenvalue weighted by Gasteiger charge is -2.12. The average Bonchev–Trinajstić information content (AvgIpc) is 2.95. The van der Waals surface area contributed by atoms with Crippen molar-refractivity contribution in [3.8, 4) is 22.7 Å². The van der Waals surface area contributed by atoms with Gasteiger partial charge in [-0.1, -0.05) is 0 Å². The second-order valence-corrected chi connectivity index (χ2v) is 6.82. The van der Waals surface area contributed by atoms with Gasteiger partial charge in [0.05, 0.1) is 36.9 Å². The van der Waals surface area contributed by atoms with Crippen LogP contribution in [0, 0.1) is 5.82 Å². The van der Waals surface area contributed by atoms with Crippen LogP contribution in [0.3, 0.4) is 0 Å². The minimum Gasteiger partial charge on any atom is -0.494 e. The Morgan fingerprint density at radius 1 is 1.29 bits per heavy atom. The fraction of sp³-hybridized carbons (Fsp3) is 0.333. The van der Waals surface area contributed by atoms with Gasteiger partial charge in [0.25, 0.3) is 0 Å². The highest BCUT2D eigenvalue weighted by Gasteiger charge is 2.25. The predicted molar refractivity (Wildman–Crippen MR) is 106 cm³/mol. The van der Waals surface area contributed by atoms with Crippen LogP contribution < -0.4 is 10.1 Å². The van der Waals surface area contributed by atoms with Gasteiger partial charge in [0.1, 0.15) is 5.82 Å². The minimum atomic E-state index is -0.394. The summed E-state index contributed by atoms with van der Waals surface area (Å²) in [4.78, 5) is 4.29. The lowest BCUT2D eigenvalue weighted by atomic mass is 10.0. The number of anilines is 1. The van der Waals surface area contributed by atoms with Gasteiger partial charge in [0, 0.05) is 36.9 Å². The smallest absolute Gasteiger partial charge is 0.165 e. The third kappa shape index (κ3) is 3.33.